The number of benzene rings is 2. The average Bonchev–Trinajstić information content (AvgIpc) is 3.00. The van der Waals surface area contributed by atoms with Crippen molar-refractivity contribution in [3.05, 3.63) is 65.2 Å². The predicted molar refractivity (Wildman–Crippen MR) is 85.2 cm³/mol. The standard InChI is InChI=1S/C18H18F2N2O/c1-12-7-8-15(11-16(12)20)21-18(23)22-9-3-6-17(22)13-4-2-5-14(19)10-13/h2,4-5,7-8,10-11,17H,3,6,9H2,1H3,(H,21,23)/t17-/m1/s1. The van der Waals surface area contributed by atoms with Crippen LogP contribution in [0.5, 0.6) is 0 Å². The summed E-state index contributed by atoms with van der Waals surface area (Å²) in [4.78, 5) is 14.2. The first-order valence-electron chi connectivity index (χ1n) is 7.64. The summed E-state index contributed by atoms with van der Waals surface area (Å²) in [6.45, 7) is 2.27. The van der Waals surface area contributed by atoms with E-state index >= 15 is 0 Å². The zero-order valence-electron chi connectivity index (χ0n) is 12.9. The monoisotopic (exact) mass is 316 g/mol. The summed E-state index contributed by atoms with van der Waals surface area (Å²) < 4.78 is 27.0. The molecule has 120 valence electrons. The molecule has 0 aliphatic carbocycles. The zero-order valence-corrected chi connectivity index (χ0v) is 12.9. The van der Waals surface area contributed by atoms with Crippen LogP contribution in [0.15, 0.2) is 42.5 Å². The van der Waals surface area contributed by atoms with E-state index in [0.29, 0.717) is 17.8 Å². The summed E-state index contributed by atoms with van der Waals surface area (Å²) in [6, 6.07) is 10.5. The van der Waals surface area contributed by atoms with Gasteiger partial charge in [-0.2, -0.15) is 0 Å². The first-order valence-corrected chi connectivity index (χ1v) is 7.64. The molecule has 0 radical (unpaired) electrons. The topological polar surface area (TPSA) is 32.3 Å². The van der Waals surface area contributed by atoms with Gasteiger partial charge in [-0.05, 0) is 55.2 Å². The van der Waals surface area contributed by atoms with Crippen LogP contribution < -0.4 is 5.32 Å². The summed E-state index contributed by atoms with van der Waals surface area (Å²) in [7, 11) is 0. The van der Waals surface area contributed by atoms with Gasteiger partial charge < -0.3 is 10.2 Å². The third-order valence-electron chi connectivity index (χ3n) is 4.17. The molecule has 1 atom stereocenters. The van der Waals surface area contributed by atoms with Crippen LogP contribution in [0.1, 0.15) is 30.0 Å². The van der Waals surface area contributed by atoms with Gasteiger partial charge in [-0.25, -0.2) is 13.6 Å². The number of likely N-dealkylation sites (tertiary alicyclic amines) is 1. The van der Waals surface area contributed by atoms with Crippen molar-refractivity contribution in [1.82, 2.24) is 4.90 Å². The minimum Gasteiger partial charge on any atom is -0.317 e. The molecule has 1 N–H and O–H groups in total. The number of aryl methyl sites for hydroxylation is 1. The van der Waals surface area contributed by atoms with E-state index < -0.39 is 0 Å². The van der Waals surface area contributed by atoms with Crippen LogP contribution in [0.4, 0.5) is 19.3 Å². The van der Waals surface area contributed by atoms with E-state index in [0.717, 1.165) is 18.4 Å². The first kappa shape index (κ1) is 15.5. The SMILES string of the molecule is Cc1ccc(NC(=O)N2CCC[C@@H]2c2cccc(F)c2)cc1F. The molecule has 0 unspecified atom stereocenters. The number of hydrogen-bond donors (Lipinski definition) is 1. The second kappa shape index (κ2) is 6.36. The lowest BCUT2D eigenvalue weighted by Gasteiger charge is -2.25. The predicted octanol–water partition coefficient (Wildman–Crippen LogP) is 4.64. The molecule has 3 nitrogen and oxygen atoms in total. The molecule has 2 aromatic carbocycles. The minimum absolute atomic E-state index is 0.152. The molecule has 0 spiro atoms. The molecule has 1 aliphatic heterocycles. The van der Waals surface area contributed by atoms with Crippen LogP contribution in [-0.4, -0.2) is 17.5 Å². The highest BCUT2D eigenvalue weighted by atomic mass is 19.1. The lowest BCUT2D eigenvalue weighted by atomic mass is 10.0. The lowest BCUT2D eigenvalue weighted by Crippen LogP contribution is -2.34. The Hall–Kier alpha value is -2.43. The maximum atomic E-state index is 13.6. The van der Waals surface area contributed by atoms with Gasteiger partial charge in [0, 0.05) is 12.2 Å². The van der Waals surface area contributed by atoms with Crippen molar-refractivity contribution >= 4 is 11.7 Å². The molecule has 2 amide bonds. The Labute approximate surface area is 133 Å². The summed E-state index contributed by atoms with van der Waals surface area (Å²) in [5.74, 6) is -0.665. The number of nitrogens with one attached hydrogen (secondary N) is 1. The molecular formula is C18H18F2N2O. The number of rotatable bonds is 2. The van der Waals surface area contributed by atoms with Crippen LogP contribution in [0.25, 0.3) is 0 Å². The van der Waals surface area contributed by atoms with Gasteiger partial charge in [0.1, 0.15) is 11.6 Å². The van der Waals surface area contributed by atoms with E-state index in [-0.39, 0.29) is 23.7 Å². The Morgan fingerprint density at radius 2 is 2.04 bits per heavy atom. The quantitative estimate of drug-likeness (QED) is 0.860. The molecule has 1 heterocycles. The van der Waals surface area contributed by atoms with Gasteiger partial charge in [-0.1, -0.05) is 18.2 Å². The summed E-state index contributed by atoms with van der Waals surface area (Å²) in [6.07, 6.45) is 1.65. The number of amides is 2. The van der Waals surface area contributed by atoms with E-state index in [1.807, 2.05) is 6.07 Å². The minimum atomic E-state index is -0.356. The first-order chi connectivity index (χ1) is 11.0. The van der Waals surface area contributed by atoms with Crippen molar-refractivity contribution in [3.8, 4) is 0 Å². The number of urea groups is 1. The van der Waals surface area contributed by atoms with Crippen LogP contribution >= 0.6 is 0 Å². The molecule has 1 saturated heterocycles. The molecule has 5 heteroatoms. The van der Waals surface area contributed by atoms with Crippen molar-refractivity contribution in [1.29, 1.82) is 0 Å². The summed E-state index contributed by atoms with van der Waals surface area (Å²) in [5, 5.41) is 2.72. The third-order valence-corrected chi connectivity index (χ3v) is 4.17. The van der Waals surface area contributed by atoms with Crippen LogP contribution in [0, 0.1) is 18.6 Å². The molecule has 0 bridgehead atoms. The number of carbonyl (C=O) groups excluding carboxylic acids is 1. The van der Waals surface area contributed by atoms with Crippen molar-refractivity contribution in [3.63, 3.8) is 0 Å². The average molecular weight is 316 g/mol. The maximum Gasteiger partial charge on any atom is 0.322 e. The normalized spacial score (nSPS) is 17.3. The Bertz CT molecular complexity index is 733. The van der Waals surface area contributed by atoms with E-state index in [1.165, 1.54) is 18.2 Å². The highest BCUT2D eigenvalue weighted by Crippen LogP contribution is 2.32. The Kier molecular flexibility index (Phi) is 4.28. The molecule has 1 fully saturated rings. The van der Waals surface area contributed by atoms with Crippen LogP contribution in [0.3, 0.4) is 0 Å². The van der Waals surface area contributed by atoms with Crippen molar-refractivity contribution < 1.29 is 13.6 Å². The molecule has 2 aromatic rings. The van der Waals surface area contributed by atoms with Gasteiger partial charge in [-0.15, -0.1) is 0 Å². The Morgan fingerprint density at radius 1 is 1.22 bits per heavy atom. The van der Waals surface area contributed by atoms with Gasteiger partial charge in [0.25, 0.3) is 0 Å². The third kappa shape index (κ3) is 3.33. The van der Waals surface area contributed by atoms with Crippen LogP contribution in [0.2, 0.25) is 0 Å². The van der Waals surface area contributed by atoms with Gasteiger partial charge >= 0.3 is 6.03 Å². The Balaban J connectivity index is 1.76. The largest absolute Gasteiger partial charge is 0.322 e. The van der Waals surface area contributed by atoms with E-state index in [4.69, 9.17) is 0 Å². The second-order valence-electron chi connectivity index (χ2n) is 5.80. The van der Waals surface area contributed by atoms with Crippen molar-refractivity contribution in [2.45, 2.75) is 25.8 Å². The van der Waals surface area contributed by atoms with Gasteiger partial charge in [0.2, 0.25) is 0 Å². The van der Waals surface area contributed by atoms with Gasteiger partial charge in [-0.3, -0.25) is 0 Å². The fourth-order valence-electron chi connectivity index (χ4n) is 2.94. The maximum absolute atomic E-state index is 13.6. The summed E-state index contributed by atoms with van der Waals surface area (Å²) in [5.41, 5.74) is 1.73. The summed E-state index contributed by atoms with van der Waals surface area (Å²) >= 11 is 0. The molecule has 3 rings (SSSR count). The fourth-order valence-corrected chi connectivity index (χ4v) is 2.94. The van der Waals surface area contributed by atoms with E-state index in [1.54, 1.807) is 30.0 Å². The molecule has 0 saturated carbocycles. The fraction of sp³-hybridized carbons (Fsp3) is 0.278. The number of carbonyl (C=O) groups is 1. The lowest BCUT2D eigenvalue weighted by molar-refractivity contribution is 0.207. The number of nitrogens with zero attached hydrogens (tertiary/aromatic N) is 1. The van der Waals surface area contributed by atoms with E-state index in [9.17, 15) is 13.6 Å². The number of hydrogen-bond acceptors (Lipinski definition) is 1. The number of halogens is 2. The molecule has 23 heavy (non-hydrogen) atoms. The molecular weight excluding hydrogens is 298 g/mol. The second-order valence-corrected chi connectivity index (χ2v) is 5.80. The Morgan fingerprint density at radius 3 is 2.78 bits per heavy atom. The number of anilines is 1. The molecule has 0 aromatic heterocycles. The highest BCUT2D eigenvalue weighted by molar-refractivity contribution is 5.89. The van der Waals surface area contributed by atoms with Crippen LogP contribution in [-0.2, 0) is 0 Å². The highest BCUT2D eigenvalue weighted by Gasteiger charge is 2.30. The van der Waals surface area contributed by atoms with Gasteiger partial charge in [0.05, 0.1) is 6.04 Å². The van der Waals surface area contributed by atoms with E-state index in [2.05, 4.69) is 5.32 Å². The van der Waals surface area contributed by atoms with Gasteiger partial charge in [0.15, 0.2) is 0 Å². The van der Waals surface area contributed by atoms with Crippen molar-refractivity contribution in [2.75, 3.05) is 11.9 Å². The zero-order chi connectivity index (χ0) is 16.4. The smallest absolute Gasteiger partial charge is 0.317 e. The molecule has 1 aliphatic rings. The van der Waals surface area contributed by atoms with Crippen molar-refractivity contribution in [2.24, 2.45) is 0 Å².